The summed E-state index contributed by atoms with van der Waals surface area (Å²) in [7, 11) is -2.73. The highest BCUT2D eigenvalue weighted by Crippen LogP contribution is 2.34. The number of rotatable bonds is 5. The van der Waals surface area contributed by atoms with Crippen LogP contribution >= 0.6 is 11.8 Å². The van der Waals surface area contributed by atoms with Gasteiger partial charge in [-0.2, -0.15) is 9.49 Å². The van der Waals surface area contributed by atoms with Crippen molar-refractivity contribution in [2.75, 3.05) is 4.72 Å². The van der Waals surface area contributed by atoms with Crippen LogP contribution < -0.4 is 4.72 Å². The van der Waals surface area contributed by atoms with Crippen LogP contribution in [0.15, 0.2) is 69.3 Å². The van der Waals surface area contributed by atoms with Crippen molar-refractivity contribution in [2.24, 2.45) is 7.05 Å². The predicted octanol–water partition coefficient (Wildman–Crippen LogP) is 3.82. The fourth-order valence-corrected chi connectivity index (χ4v) is 4.71. The second kappa shape index (κ2) is 6.89. The van der Waals surface area contributed by atoms with Crippen molar-refractivity contribution in [1.82, 2.24) is 9.78 Å². The van der Waals surface area contributed by atoms with Gasteiger partial charge in [-0.3, -0.25) is 4.72 Å². The van der Waals surface area contributed by atoms with Crippen LogP contribution in [-0.2, 0) is 17.1 Å². The van der Waals surface area contributed by atoms with Crippen molar-refractivity contribution in [3.8, 4) is 0 Å². The fraction of sp³-hybridized carbons (Fsp3) is 0.118. The van der Waals surface area contributed by atoms with E-state index >= 15 is 0 Å². The molecular formula is C17H16FN3O2S2. The van der Waals surface area contributed by atoms with Gasteiger partial charge in [-0.05, 0) is 31.2 Å². The lowest BCUT2D eigenvalue weighted by atomic mass is 10.3. The highest BCUT2D eigenvalue weighted by molar-refractivity contribution is 7.99. The average Bonchev–Trinajstić information content (AvgIpc) is 2.83. The molecule has 0 atom stereocenters. The van der Waals surface area contributed by atoms with Gasteiger partial charge in [0.05, 0.1) is 11.4 Å². The average molecular weight is 377 g/mol. The first-order valence-electron chi connectivity index (χ1n) is 7.42. The Hall–Kier alpha value is -2.32. The molecule has 0 aliphatic carbocycles. The molecule has 0 amide bonds. The van der Waals surface area contributed by atoms with E-state index in [0.29, 0.717) is 5.69 Å². The van der Waals surface area contributed by atoms with Gasteiger partial charge in [0, 0.05) is 16.8 Å². The van der Waals surface area contributed by atoms with E-state index in [1.54, 1.807) is 12.1 Å². The molecule has 8 heteroatoms. The number of sulfonamides is 1. The summed E-state index contributed by atoms with van der Waals surface area (Å²) in [5.74, 6) is -0.891. The Morgan fingerprint density at radius 2 is 1.72 bits per heavy atom. The summed E-state index contributed by atoms with van der Waals surface area (Å²) in [4.78, 5) is 1.26. The summed E-state index contributed by atoms with van der Waals surface area (Å²) in [6.07, 6.45) is 0. The number of nitrogens with one attached hydrogen (secondary N) is 1. The van der Waals surface area contributed by atoms with Crippen molar-refractivity contribution in [3.05, 3.63) is 66.2 Å². The molecule has 1 heterocycles. The molecule has 0 aliphatic heterocycles. The number of benzene rings is 2. The maximum absolute atomic E-state index is 14.1. The monoisotopic (exact) mass is 377 g/mol. The lowest BCUT2D eigenvalue weighted by molar-refractivity contribution is 0.483. The number of hydrogen-bond donors (Lipinski definition) is 1. The van der Waals surface area contributed by atoms with Gasteiger partial charge in [0.15, 0.2) is 4.90 Å². The van der Waals surface area contributed by atoms with Gasteiger partial charge < -0.3 is 0 Å². The van der Waals surface area contributed by atoms with E-state index < -0.39 is 20.9 Å². The molecule has 3 aromatic rings. The summed E-state index contributed by atoms with van der Waals surface area (Å²) < 4.78 is 42.8. The zero-order valence-electron chi connectivity index (χ0n) is 13.6. The third-order valence-corrected chi connectivity index (χ3v) is 6.04. The van der Waals surface area contributed by atoms with E-state index in [1.807, 2.05) is 42.5 Å². The number of hydrogen-bond acceptors (Lipinski definition) is 4. The third-order valence-electron chi connectivity index (χ3n) is 3.47. The normalized spacial score (nSPS) is 11.5. The lowest BCUT2D eigenvalue weighted by Gasteiger charge is -2.12. The van der Waals surface area contributed by atoms with E-state index in [1.165, 1.54) is 25.7 Å². The zero-order valence-corrected chi connectivity index (χ0v) is 15.2. The van der Waals surface area contributed by atoms with Crippen molar-refractivity contribution in [2.45, 2.75) is 21.6 Å². The second-order valence-electron chi connectivity index (χ2n) is 5.35. The number of nitrogens with zero attached hydrogens (tertiary/aromatic N) is 2. The van der Waals surface area contributed by atoms with E-state index in [9.17, 15) is 12.8 Å². The first kappa shape index (κ1) is 17.5. The second-order valence-corrected chi connectivity index (χ2v) is 8.08. The van der Waals surface area contributed by atoms with E-state index in [0.717, 1.165) is 14.5 Å². The molecule has 3 rings (SSSR count). The van der Waals surface area contributed by atoms with Crippen molar-refractivity contribution in [1.29, 1.82) is 0 Å². The highest BCUT2D eigenvalue weighted by Gasteiger charge is 2.27. The minimum atomic E-state index is -4.09. The van der Waals surface area contributed by atoms with Crippen LogP contribution in [0.4, 0.5) is 10.1 Å². The highest BCUT2D eigenvalue weighted by atomic mass is 32.2. The summed E-state index contributed by atoms with van der Waals surface area (Å²) in [6, 6.07) is 16.6. The Bertz CT molecular complexity index is 1000. The zero-order chi connectivity index (χ0) is 18.0. The Kier molecular flexibility index (Phi) is 4.82. The van der Waals surface area contributed by atoms with Crippen LogP contribution in [0.3, 0.4) is 0 Å². The quantitative estimate of drug-likeness (QED) is 0.734. The summed E-state index contributed by atoms with van der Waals surface area (Å²) in [5.41, 5.74) is 0.500. The molecule has 0 saturated heterocycles. The first-order chi connectivity index (χ1) is 11.9. The maximum Gasteiger partial charge on any atom is 0.268 e. The molecule has 0 bridgehead atoms. The third kappa shape index (κ3) is 3.69. The Balaban J connectivity index is 1.95. The molecule has 0 spiro atoms. The standard InChI is InChI=1S/C17H16FN3O2S2/c1-12-16(17(18)21(2)19-12)25(22,23)20-14-10-6-7-11-15(14)24-13-8-4-3-5-9-13/h3-11,20H,1-2H3. The van der Waals surface area contributed by atoms with Crippen molar-refractivity contribution < 1.29 is 12.8 Å². The van der Waals surface area contributed by atoms with Crippen LogP contribution in [0.1, 0.15) is 5.69 Å². The van der Waals surface area contributed by atoms with Crippen LogP contribution in [0.5, 0.6) is 0 Å². The van der Waals surface area contributed by atoms with Crippen LogP contribution in [0.2, 0.25) is 0 Å². The van der Waals surface area contributed by atoms with Gasteiger partial charge in [0.2, 0.25) is 5.95 Å². The molecule has 0 saturated carbocycles. The minimum absolute atomic E-state index is 0.112. The molecule has 5 nitrogen and oxygen atoms in total. The summed E-state index contributed by atoms with van der Waals surface area (Å²) in [5, 5.41) is 3.83. The molecule has 25 heavy (non-hydrogen) atoms. The Labute approximate surface area is 149 Å². The Morgan fingerprint density at radius 1 is 1.08 bits per heavy atom. The molecule has 0 radical (unpaired) electrons. The van der Waals surface area contributed by atoms with Crippen LogP contribution in [0, 0.1) is 12.9 Å². The molecule has 130 valence electrons. The number of halogens is 1. The molecule has 0 aliphatic rings. The number of aromatic nitrogens is 2. The summed E-state index contributed by atoms with van der Waals surface area (Å²) >= 11 is 1.42. The topological polar surface area (TPSA) is 64.0 Å². The van der Waals surface area contributed by atoms with Gasteiger partial charge in [-0.1, -0.05) is 42.1 Å². The minimum Gasteiger partial charge on any atom is -0.278 e. The molecule has 1 aromatic heterocycles. The Morgan fingerprint density at radius 3 is 2.36 bits per heavy atom. The molecule has 0 unspecified atom stereocenters. The van der Waals surface area contributed by atoms with Gasteiger partial charge in [0.1, 0.15) is 0 Å². The lowest BCUT2D eigenvalue weighted by Crippen LogP contribution is -2.15. The largest absolute Gasteiger partial charge is 0.278 e. The molecule has 2 aromatic carbocycles. The van der Waals surface area contributed by atoms with Gasteiger partial charge in [-0.25, -0.2) is 13.1 Å². The van der Waals surface area contributed by atoms with Crippen molar-refractivity contribution >= 4 is 27.5 Å². The van der Waals surface area contributed by atoms with Gasteiger partial charge in [0.25, 0.3) is 10.0 Å². The van der Waals surface area contributed by atoms with E-state index in [4.69, 9.17) is 0 Å². The van der Waals surface area contributed by atoms with E-state index in [-0.39, 0.29) is 5.69 Å². The number of para-hydroxylation sites is 1. The smallest absolute Gasteiger partial charge is 0.268 e. The van der Waals surface area contributed by atoms with Gasteiger partial charge >= 0.3 is 0 Å². The van der Waals surface area contributed by atoms with E-state index in [2.05, 4.69) is 9.82 Å². The predicted molar refractivity (Wildman–Crippen MR) is 95.7 cm³/mol. The maximum atomic E-state index is 14.1. The van der Waals surface area contributed by atoms with Gasteiger partial charge in [-0.15, -0.1) is 0 Å². The summed E-state index contributed by atoms with van der Waals surface area (Å²) in [6.45, 7) is 1.46. The van der Waals surface area contributed by atoms with Crippen LogP contribution in [-0.4, -0.2) is 18.2 Å². The number of aryl methyl sites for hydroxylation is 2. The van der Waals surface area contributed by atoms with Crippen LogP contribution in [0.25, 0.3) is 0 Å². The molecule has 1 N–H and O–H groups in total. The SMILES string of the molecule is Cc1nn(C)c(F)c1S(=O)(=O)Nc1ccccc1Sc1ccccc1. The van der Waals surface area contributed by atoms with Crippen molar-refractivity contribution in [3.63, 3.8) is 0 Å². The fourth-order valence-electron chi connectivity index (χ4n) is 2.37. The molecular weight excluding hydrogens is 361 g/mol. The number of anilines is 1. The molecule has 0 fully saturated rings. The first-order valence-corrected chi connectivity index (χ1v) is 9.72.